The van der Waals surface area contributed by atoms with Crippen molar-refractivity contribution in [3.63, 3.8) is 0 Å². The first-order chi connectivity index (χ1) is 10.0. The Morgan fingerprint density at radius 1 is 1.38 bits per heavy atom. The molecule has 0 bridgehead atoms. The van der Waals surface area contributed by atoms with Gasteiger partial charge in [-0.2, -0.15) is 0 Å². The summed E-state index contributed by atoms with van der Waals surface area (Å²) in [6.07, 6.45) is 2.63. The van der Waals surface area contributed by atoms with E-state index in [0.29, 0.717) is 18.2 Å². The lowest BCUT2D eigenvalue weighted by molar-refractivity contribution is -0.127. The number of benzene rings is 1. The molecule has 1 aromatic carbocycles. The fourth-order valence-corrected chi connectivity index (χ4v) is 3.32. The lowest BCUT2D eigenvalue weighted by Gasteiger charge is -2.54. The van der Waals surface area contributed by atoms with Crippen molar-refractivity contribution >= 4 is 0 Å². The van der Waals surface area contributed by atoms with Crippen LogP contribution < -0.4 is 10.1 Å². The summed E-state index contributed by atoms with van der Waals surface area (Å²) in [7, 11) is 1.71. The molecular weight excluding hydrogens is 262 g/mol. The fourth-order valence-electron chi connectivity index (χ4n) is 3.32. The highest BCUT2D eigenvalue weighted by Crippen LogP contribution is 2.46. The summed E-state index contributed by atoms with van der Waals surface area (Å²) in [5, 5.41) is 3.78. The number of hydrogen-bond acceptors (Lipinski definition) is 3. The van der Waals surface area contributed by atoms with Crippen LogP contribution in [-0.2, 0) is 4.74 Å². The van der Waals surface area contributed by atoms with E-state index in [0.717, 1.165) is 25.2 Å². The van der Waals surface area contributed by atoms with Crippen LogP contribution in [0.4, 0.5) is 0 Å². The Bertz CT molecular complexity index is 462. The molecule has 3 heteroatoms. The third kappa shape index (κ3) is 3.24. The van der Waals surface area contributed by atoms with E-state index in [4.69, 9.17) is 9.47 Å². The van der Waals surface area contributed by atoms with Crippen molar-refractivity contribution in [2.45, 2.75) is 58.7 Å². The number of nitrogens with one attached hydrogen (secondary N) is 1. The van der Waals surface area contributed by atoms with Crippen LogP contribution in [0.15, 0.2) is 24.3 Å². The minimum atomic E-state index is 0.239. The Kier molecular flexibility index (Phi) is 5.28. The van der Waals surface area contributed by atoms with Gasteiger partial charge in [0, 0.05) is 24.1 Å². The van der Waals surface area contributed by atoms with Crippen LogP contribution in [0.25, 0.3) is 0 Å². The Balaban J connectivity index is 2.01. The molecule has 1 fully saturated rings. The van der Waals surface area contributed by atoms with Gasteiger partial charge in [-0.3, -0.25) is 0 Å². The van der Waals surface area contributed by atoms with Crippen LogP contribution in [0.5, 0.6) is 5.75 Å². The zero-order valence-corrected chi connectivity index (χ0v) is 14.0. The summed E-state index contributed by atoms with van der Waals surface area (Å²) in [5.41, 5.74) is 1.51. The van der Waals surface area contributed by atoms with Gasteiger partial charge in [0.25, 0.3) is 0 Å². The number of ether oxygens (including phenoxy) is 2. The zero-order chi connectivity index (χ0) is 15.5. The SMILES string of the molecule is CCOC1CC(NC(C)c2cccc(OC)c2)C1(C)CC. The van der Waals surface area contributed by atoms with Gasteiger partial charge in [-0.1, -0.05) is 26.0 Å². The highest BCUT2D eigenvalue weighted by atomic mass is 16.5. The van der Waals surface area contributed by atoms with E-state index in [1.807, 2.05) is 6.07 Å². The molecule has 0 spiro atoms. The van der Waals surface area contributed by atoms with Crippen LogP contribution in [0.2, 0.25) is 0 Å². The van der Waals surface area contributed by atoms with Crippen molar-refractivity contribution in [3.8, 4) is 5.75 Å². The zero-order valence-electron chi connectivity index (χ0n) is 14.0. The lowest BCUT2D eigenvalue weighted by Crippen LogP contribution is -2.62. The van der Waals surface area contributed by atoms with Crippen molar-refractivity contribution in [1.82, 2.24) is 5.32 Å². The van der Waals surface area contributed by atoms with Gasteiger partial charge in [0.15, 0.2) is 0 Å². The molecule has 0 aromatic heterocycles. The average Bonchev–Trinajstić information content (AvgIpc) is 2.52. The van der Waals surface area contributed by atoms with Gasteiger partial charge < -0.3 is 14.8 Å². The van der Waals surface area contributed by atoms with Gasteiger partial charge in [-0.05, 0) is 44.4 Å². The summed E-state index contributed by atoms with van der Waals surface area (Å²) in [6.45, 7) is 9.70. The van der Waals surface area contributed by atoms with Crippen LogP contribution in [0.3, 0.4) is 0 Å². The standard InChI is InChI=1S/C18H29NO2/c1-6-18(4)16(12-17(18)21-7-2)19-13(3)14-9-8-10-15(11-14)20-5/h8-11,13,16-17,19H,6-7,12H2,1-5H3. The second-order valence-electron chi connectivity index (χ2n) is 6.26. The van der Waals surface area contributed by atoms with Crippen molar-refractivity contribution in [2.24, 2.45) is 5.41 Å². The number of methoxy groups -OCH3 is 1. The van der Waals surface area contributed by atoms with Crippen LogP contribution in [0, 0.1) is 5.41 Å². The average molecular weight is 291 g/mol. The van der Waals surface area contributed by atoms with E-state index in [2.05, 4.69) is 51.2 Å². The maximum atomic E-state index is 5.88. The molecule has 4 unspecified atom stereocenters. The van der Waals surface area contributed by atoms with E-state index < -0.39 is 0 Å². The molecule has 21 heavy (non-hydrogen) atoms. The molecule has 1 saturated carbocycles. The molecule has 1 aromatic rings. The fraction of sp³-hybridized carbons (Fsp3) is 0.667. The van der Waals surface area contributed by atoms with Gasteiger partial charge in [0.1, 0.15) is 5.75 Å². The first kappa shape index (κ1) is 16.3. The molecule has 1 aliphatic rings. The topological polar surface area (TPSA) is 30.5 Å². The Labute approximate surface area is 129 Å². The first-order valence-electron chi connectivity index (χ1n) is 8.06. The third-order valence-electron chi connectivity index (χ3n) is 5.16. The summed E-state index contributed by atoms with van der Waals surface area (Å²) >= 11 is 0. The maximum Gasteiger partial charge on any atom is 0.119 e. The lowest BCUT2D eigenvalue weighted by atomic mass is 9.61. The molecule has 0 saturated heterocycles. The minimum absolute atomic E-state index is 0.239. The van der Waals surface area contributed by atoms with Gasteiger partial charge in [0.05, 0.1) is 13.2 Å². The summed E-state index contributed by atoms with van der Waals surface area (Å²) in [4.78, 5) is 0. The van der Waals surface area contributed by atoms with E-state index in [1.54, 1.807) is 7.11 Å². The van der Waals surface area contributed by atoms with E-state index >= 15 is 0 Å². The Morgan fingerprint density at radius 2 is 2.14 bits per heavy atom. The smallest absolute Gasteiger partial charge is 0.119 e. The normalized spacial score (nSPS) is 29.8. The summed E-state index contributed by atoms with van der Waals surface area (Å²) < 4.78 is 11.2. The van der Waals surface area contributed by atoms with Gasteiger partial charge in [-0.25, -0.2) is 0 Å². The molecule has 0 radical (unpaired) electrons. The molecule has 0 heterocycles. The molecule has 3 nitrogen and oxygen atoms in total. The largest absolute Gasteiger partial charge is 0.497 e. The highest BCUT2D eigenvalue weighted by Gasteiger charge is 2.51. The molecule has 1 N–H and O–H groups in total. The van der Waals surface area contributed by atoms with Crippen molar-refractivity contribution in [1.29, 1.82) is 0 Å². The molecule has 2 rings (SSSR count). The van der Waals surface area contributed by atoms with E-state index in [-0.39, 0.29) is 5.41 Å². The Hall–Kier alpha value is -1.06. The molecular formula is C18H29NO2. The molecule has 1 aliphatic carbocycles. The quantitative estimate of drug-likeness (QED) is 0.825. The summed E-state index contributed by atoms with van der Waals surface area (Å²) in [6, 6.07) is 9.14. The second-order valence-corrected chi connectivity index (χ2v) is 6.26. The first-order valence-corrected chi connectivity index (χ1v) is 8.06. The second kappa shape index (κ2) is 6.80. The predicted octanol–water partition coefficient (Wildman–Crippen LogP) is 3.94. The van der Waals surface area contributed by atoms with Crippen LogP contribution >= 0.6 is 0 Å². The minimum Gasteiger partial charge on any atom is -0.497 e. The van der Waals surface area contributed by atoms with Crippen molar-refractivity contribution in [2.75, 3.05) is 13.7 Å². The third-order valence-corrected chi connectivity index (χ3v) is 5.16. The van der Waals surface area contributed by atoms with E-state index in [1.165, 1.54) is 5.56 Å². The van der Waals surface area contributed by atoms with E-state index in [9.17, 15) is 0 Å². The molecule has 0 aliphatic heterocycles. The summed E-state index contributed by atoms with van der Waals surface area (Å²) in [5.74, 6) is 0.917. The maximum absolute atomic E-state index is 5.88. The molecule has 0 amide bonds. The Morgan fingerprint density at radius 3 is 2.76 bits per heavy atom. The number of rotatable bonds is 7. The van der Waals surface area contributed by atoms with Gasteiger partial charge in [0.2, 0.25) is 0 Å². The molecule has 4 atom stereocenters. The monoisotopic (exact) mass is 291 g/mol. The van der Waals surface area contributed by atoms with Crippen LogP contribution in [0.1, 0.15) is 52.1 Å². The highest BCUT2D eigenvalue weighted by molar-refractivity contribution is 5.30. The van der Waals surface area contributed by atoms with Crippen molar-refractivity contribution < 1.29 is 9.47 Å². The number of hydrogen-bond donors (Lipinski definition) is 1. The van der Waals surface area contributed by atoms with Gasteiger partial charge in [-0.15, -0.1) is 0 Å². The van der Waals surface area contributed by atoms with Crippen molar-refractivity contribution in [3.05, 3.63) is 29.8 Å². The van der Waals surface area contributed by atoms with Gasteiger partial charge >= 0.3 is 0 Å². The predicted molar refractivity (Wildman–Crippen MR) is 86.8 cm³/mol. The van der Waals surface area contributed by atoms with Crippen LogP contribution in [-0.4, -0.2) is 25.9 Å². The molecule has 118 valence electrons.